The highest BCUT2D eigenvalue weighted by Gasteiger charge is 2.34. The summed E-state index contributed by atoms with van der Waals surface area (Å²) in [5.74, 6) is 0.396. The van der Waals surface area contributed by atoms with Gasteiger partial charge in [-0.1, -0.05) is 19.1 Å². The van der Waals surface area contributed by atoms with Crippen molar-refractivity contribution >= 4 is 16.1 Å². The molecule has 0 spiro atoms. The number of amides is 1. The Morgan fingerprint density at radius 2 is 2.11 bits per heavy atom. The Bertz CT molecular complexity index is 764. The molecule has 0 bridgehead atoms. The van der Waals surface area contributed by atoms with Crippen molar-refractivity contribution in [3.63, 3.8) is 0 Å². The van der Waals surface area contributed by atoms with Crippen molar-refractivity contribution in [1.82, 2.24) is 13.9 Å². The van der Waals surface area contributed by atoms with Crippen LogP contribution in [-0.4, -0.2) is 57.2 Å². The molecule has 1 N–H and O–H groups in total. The second-order valence-electron chi connectivity index (χ2n) is 7.19. The van der Waals surface area contributed by atoms with Gasteiger partial charge in [-0.15, -0.1) is 0 Å². The van der Waals surface area contributed by atoms with E-state index in [1.54, 1.807) is 7.11 Å². The SMILES string of the molecule is CC[C@@H](NC(=O)[C@@H]1CCCN(S(=O)(=O)N(C)C)C1)c1ccc(OC)c(C)c1. The van der Waals surface area contributed by atoms with Crippen LogP contribution in [0.4, 0.5) is 0 Å². The second-order valence-corrected chi connectivity index (χ2v) is 9.33. The van der Waals surface area contributed by atoms with E-state index in [1.165, 1.54) is 22.7 Å². The average molecular weight is 398 g/mol. The van der Waals surface area contributed by atoms with E-state index in [2.05, 4.69) is 5.32 Å². The van der Waals surface area contributed by atoms with Gasteiger partial charge in [0.15, 0.2) is 0 Å². The lowest BCUT2D eigenvalue weighted by atomic mass is 9.96. The van der Waals surface area contributed by atoms with E-state index in [1.807, 2.05) is 32.0 Å². The molecule has 7 nitrogen and oxygen atoms in total. The van der Waals surface area contributed by atoms with E-state index in [0.29, 0.717) is 19.4 Å². The van der Waals surface area contributed by atoms with Crippen molar-refractivity contribution < 1.29 is 17.9 Å². The third-order valence-corrected chi connectivity index (χ3v) is 7.00. The van der Waals surface area contributed by atoms with Crippen molar-refractivity contribution in [3.05, 3.63) is 29.3 Å². The van der Waals surface area contributed by atoms with Gasteiger partial charge in [-0.2, -0.15) is 17.0 Å². The Hall–Kier alpha value is -1.64. The van der Waals surface area contributed by atoms with Gasteiger partial charge in [-0.25, -0.2) is 0 Å². The first-order valence-electron chi connectivity index (χ1n) is 9.33. The summed E-state index contributed by atoms with van der Waals surface area (Å²) in [7, 11) is 1.17. The minimum Gasteiger partial charge on any atom is -0.496 e. The van der Waals surface area contributed by atoms with Crippen LogP contribution in [0, 0.1) is 12.8 Å². The van der Waals surface area contributed by atoms with Gasteiger partial charge in [0, 0.05) is 27.2 Å². The Balaban J connectivity index is 2.09. The van der Waals surface area contributed by atoms with E-state index in [0.717, 1.165) is 23.3 Å². The molecule has 1 aromatic rings. The number of nitrogens with one attached hydrogen (secondary N) is 1. The van der Waals surface area contributed by atoms with E-state index >= 15 is 0 Å². The zero-order valence-corrected chi connectivity index (χ0v) is 17.7. The van der Waals surface area contributed by atoms with Gasteiger partial charge in [0.1, 0.15) is 5.75 Å². The van der Waals surface area contributed by atoms with Crippen LogP contribution in [0.3, 0.4) is 0 Å². The number of hydrogen-bond donors (Lipinski definition) is 1. The van der Waals surface area contributed by atoms with Gasteiger partial charge in [0.05, 0.1) is 19.1 Å². The summed E-state index contributed by atoms with van der Waals surface area (Å²) in [6.45, 7) is 4.68. The Morgan fingerprint density at radius 3 is 2.67 bits per heavy atom. The highest BCUT2D eigenvalue weighted by Crippen LogP contribution is 2.26. The number of carbonyl (C=O) groups excluding carboxylic acids is 1. The Morgan fingerprint density at radius 1 is 1.41 bits per heavy atom. The smallest absolute Gasteiger partial charge is 0.281 e. The van der Waals surface area contributed by atoms with Crippen LogP contribution >= 0.6 is 0 Å². The molecule has 1 heterocycles. The lowest BCUT2D eigenvalue weighted by molar-refractivity contribution is -0.126. The molecular formula is C19H31N3O4S. The van der Waals surface area contributed by atoms with E-state index in [9.17, 15) is 13.2 Å². The van der Waals surface area contributed by atoms with Crippen LogP contribution in [0.2, 0.25) is 0 Å². The molecule has 8 heteroatoms. The first-order valence-corrected chi connectivity index (χ1v) is 10.7. The first-order chi connectivity index (χ1) is 12.7. The summed E-state index contributed by atoms with van der Waals surface area (Å²) >= 11 is 0. The molecule has 0 radical (unpaired) electrons. The van der Waals surface area contributed by atoms with E-state index < -0.39 is 10.2 Å². The monoisotopic (exact) mass is 397 g/mol. The van der Waals surface area contributed by atoms with Gasteiger partial charge in [0.2, 0.25) is 5.91 Å². The predicted octanol–water partition coefficient (Wildman–Crippen LogP) is 2.09. The molecular weight excluding hydrogens is 366 g/mol. The van der Waals surface area contributed by atoms with Crippen molar-refractivity contribution in [2.45, 2.75) is 39.2 Å². The molecule has 27 heavy (non-hydrogen) atoms. The van der Waals surface area contributed by atoms with Crippen LogP contribution < -0.4 is 10.1 Å². The Labute approximate surface area is 162 Å². The lowest BCUT2D eigenvalue weighted by Crippen LogP contribution is -2.49. The van der Waals surface area contributed by atoms with Crippen molar-refractivity contribution in [2.75, 3.05) is 34.3 Å². The number of piperidine rings is 1. The van der Waals surface area contributed by atoms with Gasteiger partial charge in [-0.05, 0) is 43.4 Å². The number of nitrogens with zero attached hydrogens (tertiary/aromatic N) is 2. The zero-order valence-electron chi connectivity index (χ0n) is 16.9. The summed E-state index contributed by atoms with van der Waals surface area (Å²) in [6, 6.07) is 5.79. The summed E-state index contributed by atoms with van der Waals surface area (Å²) in [5, 5.41) is 3.10. The minimum atomic E-state index is -3.49. The quantitative estimate of drug-likeness (QED) is 0.764. The molecule has 0 aromatic heterocycles. The number of aryl methyl sites for hydroxylation is 1. The average Bonchev–Trinajstić information content (AvgIpc) is 2.65. The van der Waals surface area contributed by atoms with Gasteiger partial charge in [-0.3, -0.25) is 4.79 Å². The molecule has 2 atom stereocenters. The molecule has 2 rings (SSSR count). The maximum absolute atomic E-state index is 12.8. The van der Waals surface area contributed by atoms with Gasteiger partial charge < -0.3 is 10.1 Å². The molecule has 1 aliphatic rings. The number of rotatable bonds is 7. The fraction of sp³-hybridized carbons (Fsp3) is 0.632. The molecule has 152 valence electrons. The largest absolute Gasteiger partial charge is 0.496 e. The minimum absolute atomic E-state index is 0.0889. The predicted molar refractivity (Wildman–Crippen MR) is 106 cm³/mol. The third kappa shape index (κ3) is 5.00. The number of ether oxygens (including phenoxy) is 1. The number of benzene rings is 1. The normalized spacial score (nSPS) is 19.7. The molecule has 1 aliphatic heterocycles. The molecule has 1 aromatic carbocycles. The van der Waals surface area contributed by atoms with E-state index in [-0.39, 0.29) is 24.4 Å². The van der Waals surface area contributed by atoms with Gasteiger partial charge in [0.25, 0.3) is 10.2 Å². The summed E-state index contributed by atoms with van der Waals surface area (Å²) in [6.07, 6.45) is 2.14. The molecule has 0 saturated carbocycles. The zero-order chi connectivity index (χ0) is 20.2. The van der Waals surface area contributed by atoms with Crippen LogP contribution in [0.5, 0.6) is 5.75 Å². The van der Waals surface area contributed by atoms with Crippen molar-refractivity contribution in [3.8, 4) is 5.75 Å². The van der Waals surface area contributed by atoms with Crippen LogP contribution in [-0.2, 0) is 15.0 Å². The second kappa shape index (κ2) is 9.03. The molecule has 1 amide bonds. The standard InChI is InChI=1S/C19H31N3O4S/c1-6-17(15-9-10-18(26-5)14(2)12-15)20-19(23)16-8-7-11-22(13-16)27(24,25)21(3)4/h9-10,12,16-17H,6-8,11,13H2,1-5H3,(H,20,23)/t16-,17-/m1/s1. The van der Waals surface area contributed by atoms with Crippen LogP contribution in [0.1, 0.15) is 43.4 Å². The van der Waals surface area contributed by atoms with Crippen LogP contribution in [0.25, 0.3) is 0 Å². The fourth-order valence-corrected chi connectivity index (χ4v) is 4.62. The highest BCUT2D eigenvalue weighted by atomic mass is 32.2. The topological polar surface area (TPSA) is 79.0 Å². The summed E-state index contributed by atoms with van der Waals surface area (Å²) in [4.78, 5) is 12.8. The van der Waals surface area contributed by atoms with Crippen LogP contribution in [0.15, 0.2) is 18.2 Å². The summed E-state index contributed by atoms with van der Waals surface area (Å²) in [5.41, 5.74) is 2.04. The molecule has 0 unspecified atom stereocenters. The van der Waals surface area contributed by atoms with Crippen molar-refractivity contribution in [1.29, 1.82) is 0 Å². The molecule has 1 fully saturated rings. The summed E-state index contributed by atoms with van der Waals surface area (Å²) < 4.78 is 32.6. The van der Waals surface area contributed by atoms with Crippen molar-refractivity contribution in [2.24, 2.45) is 5.92 Å². The fourth-order valence-electron chi connectivity index (χ4n) is 3.43. The first kappa shape index (κ1) is 21.7. The molecule has 1 saturated heterocycles. The Kier molecular flexibility index (Phi) is 7.25. The number of methoxy groups -OCH3 is 1. The number of carbonyl (C=O) groups is 1. The maximum atomic E-state index is 12.8. The van der Waals surface area contributed by atoms with Gasteiger partial charge >= 0.3 is 0 Å². The maximum Gasteiger partial charge on any atom is 0.281 e. The van der Waals surface area contributed by atoms with E-state index in [4.69, 9.17) is 4.74 Å². The molecule has 0 aliphatic carbocycles. The number of hydrogen-bond acceptors (Lipinski definition) is 4. The third-order valence-electron chi connectivity index (χ3n) is 5.09. The highest BCUT2D eigenvalue weighted by molar-refractivity contribution is 7.86. The lowest BCUT2D eigenvalue weighted by Gasteiger charge is -2.33.